The summed E-state index contributed by atoms with van der Waals surface area (Å²) >= 11 is 0. The summed E-state index contributed by atoms with van der Waals surface area (Å²) < 4.78 is 14.8. The Labute approximate surface area is 209 Å². The zero-order valence-electron chi connectivity index (χ0n) is 20.6. The Bertz CT molecular complexity index is 1300. The molecule has 2 aromatic heterocycles. The number of piperazine rings is 1. The van der Waals surface area contributed by atoms with Crippen LogP contribution in [-0.2, 0) is 4.79 Å². The zero-order valence-corrected chi connectivity index (χ0v) is 20.6. The fourth-order valence-corrected chi connectivity index (χ4v) is 5.48. The van der Waals surface area contributed by atoms with E-state index in [-0.39, 0.29) is 46.8 Å². The Kier molecular flexibility index (Phi) is 6.57. The van der Waals surface area contributed by atoms with Crippen molar-refractivity contribution in [2.24, 2.45) is 11.7 Å². The van der Waals surface area contributed by atoms with Gasteiger partial charge >= 0.3 is 0 Å². The van der Waals surface area contributed by atoms with Crippen LogP contribution >= 0.6 is 0 Å². The summed E-state index contributed by atoms with van der Waals surface area (Å²) in [4.78, 5) is 37.7. The molecule has 5 rings (SSSR count). The van der Waals surface area contributed by atoms with Crippen molar-refractivity contribution in [1.82, 2.24) is 14.9 Å². The van der Waals surface area contributed by atoms with Gasteiger partial charge in [-0.2, -0.15) is 0 Å². The van der Waals surface area contributed by atoms with Crippen LogP contribution in [0.15, 0.2) is 42.9 Å². The highest BCUT2D eigenvalue weighted by atomic mass is 19.1. The van der Waals surface area contributed by atoms with Gasteiger partial charge in [0, 0.05) is 37.8 Å². The van der Waals surface area contributed by atoms with Crippen LogP contribution in [0, 0.1) is 11.7 Å². The fourth-order valence-electron chi connectivity index (χ4n) is 5.48. The lowest BCUT2D eigenvalue weighted by Crippen LogP contribution is -2.48. The summed E-state index contributed by atoms with van der Waals surface area (Å²) in [5.41, 5.74) is 9.13. The molecule has 1 aromatic carbocycles. The van der Waals surface area contributed by atoms with E-state index in [9.17, 15) is 14.0 Å². The number of anilines is 2. The van der Waals surface area contributed by atoms with Crippen molar-refractivity contribution in [3.63, 3.8) is 0 Å². The number of nitrogens with zero attached hydrogens (tertiary/aromatic N) is 4. The molecule has 36 heavy (non-hydrogen) atoms. The monoisotopic (exact) mass is 490 g/mol. The number of rotatable bonds is 4. The highest BCUT2D eigenvalue weighted by Crippen LogP contribution is 2.38. The first kappa shape index (κ1) is 24.1. The van der Waals surface area contributed by atoms with Gasteiger partial charge in [-0.05, 0) is 60.9 Å². The summed E-state index contributed by atoms with van der Waals surface area (Å²) in [6.45, 7) is 3.62. The van der Waals surface area contributed by atoms with Crippen LogP contribution in [0.3, 0.4) is 0 Å². The maximum Gasteiger partial charge on any atom is 0.257 e. The number of nitrogens with two attached hydrogens (primary N) is 1. The van der Waals surface area contributed by atoms with Crippen LogP contribution in [0.4, 0.5) is 15.8 Å². The Morgan fingerprint density at radius 3 is 2.78 bits per heavy atom. The van der Waals surface area contributed by atoms with E-state index in [0.717, 1.165) is 24.8 Å². The molecule has 0 radical (unpaired) electrons. The summed E-state index contributed by atoms with van der Waals surface area (Å²) in [5, 5.41) is 3.23. The summed E-state index contributed by atoms with van der Waals surface area (Å²) in [6.07, 6.45) is 7.84. The number of likely N-dealkylation sites (N-methyl/N-ethyl adjacent to an activating group) is 1. The van der Waals surface area contributed by atoms with Gasteiger partial charge in [-0.15, -0.1) is 0 Å². The minimum atomic E-state index is -0.469. The molecular formula is C27H31FN6O2. The van der Waals surface area contributed by atoms with E-state index in [0.29, 0.717) is 30.4 Å². The van der Waals surface area contributed by atoms with E-state index >= 15 is 0 Å². The molecular weight excluding hydrogens is 459 g/mol. The molecule has 188 valence electrons. The minimum Gasteiger partial charge on any atom is -0.359 e. The third-order valence-electron chi connectivity index (χ3n) is 7.37. The minimum absolute atomic E-state index is 0.00413. The number of amides is 2. The van der Waals surface area contributed by atoms with Crippen LogP contribution in [-0.4, -0.2) is 59.4 Å². The molecule has 3 heterocycles. The van der Waals surface area contributed by atoms with Crippen LogP contribution in [0.2, 0.25) is 0 Å². The van der Waals surface area contributed by atoms with Crippen molar-refractivity contribution in [1.29, 1.82) is 0 Å². The fraction of sp³-hybridized carbons (Fsp3) is 0.407. The highest BCUT2D eigenvalue weighted by Gasteiger charge is 2.28. The quantitative estimate of drug-likeness (QED) is 0.580. The van der Waals surface area contributed by atoms with Crippen molar-refractivity contribution in [2.75, 3.05) is 36.9 Å². The van der Waals surface area contributed by atoms with Crippen LogP contribution in [0.1, 0.15) is 48.0 Å². The first-order valence-electron chi connectivity index (χ1n) is 12.4. The molecule has 2 aliphatic rings. The molecule has 9 heteroatoms. The average Bonchev–Trinajstić information content (AvgIpc) is 2.85. The number of benzene rings is 1. The lowest BCUT2D eigenvalue weighted by molar-refractivity contribution is -0.129. The van der Waals surface area contributed by atoms with Crippen molar-refractivity contribution in [2.45, 2.75) is 38.1 Å². The lowest BCUT2D eigenvalue weighted by Gasteiger charge is -2.33. The molecule has 1 saturated carbocycles. The van der Waals surface area contributed by atoms with Gasteiger partial charge in [-0.1, -0.05) is 6.92 Å². The second-order valence-electron chi connectivity index (χ2n) is 10.1. The van der Waals surface area contributed by atoms with Gasteiger partial charge in [0.05, 0.1) is 41.4 Å². The van der Waals surface area contributed by atoms with E-state index < -0.39 is 5.82 Å². The average molecular weight is 491 g/mol. The van der Waals surface area contributed by atoms with Gasteiger partial charge in [0.25, 0.3) is 5.91 Å². The molecule has 1 aliphatic heterocycles. The van der Waals surface area contributed by atoms with E-state index in [1.54, 1.807) is 36.6 Å². The van der Waals surface area contributed by atoms with Crippen LogP contribution in [0.25, 0.3) is 10.9 Å². The van der Waals surface area contributed by atoms with Gasteiger partial charge in [0.1, 0.15) is 5.82 Å². The zero-order chi connectivity index (χ0) is 25.4. The number of nitrogens with one attached hydrogen (secondary N) is 1. The SMILES string of the molecule is C[C@@H]1C[C@H](N)C[C@H](c2ccncc2NC(=O)c2ccc(F)c3cc(N4CCN(C)C(=O)C4)cnc23)C1. The molecule has 0 bridgehead atoms. The summed E-state index contributed by atoms with van der Waals surface area (Å²) in [7, 11) is 1.76. The molecule has 2 fully saturated rings. The maximum absolute atomic E-state index is 14.8. The van der Waals surface area contributed by atoms with E-state index in [2.05, 4.69) is 22.2 Å². The largest absolute Gasteiger partial charge is 0.359 e. The van der Waals surface area contributed by atoms with E-state index in [1.807, 2.05) is 11.0 Å². The number of carbonyl (C=O) groups excluding carboxylic acids is 2. The van der Waals surface area contributed by atoms with Gasteiger partial charge < -0.3 is 20.9 Å². The van der Waals surface area contributed by atoms with Gasteiger partial charge in [-0.3, -0.25) is 19.6 Å². The van der Waals surface area contributed by atoms with Crippen molar-refractivity contribution in [3.05, 3.63) is 59.8 Å². The Morgan fingerprint density at radius 2 is 2.00 bits per heavy atom. The number of pyridine rings is 2. The standard InChI is InChI=1S/C27H31FN6O2/c1-16-9-17(11-18(29)10-16)20-5-6-30-14-24(20)32-27(36)21-3-4-23(28)22-12-19(13-31-26(21)22)34-8-7-33(2)25(35)15-34/h3-6,12-14,16-18H,7-11,15,29H2,1-2H3,(H,32,36)/t16-,17+,18-/m0/s1. The van der Waals surface area contributed by atoms with Crippen molar-refractivity contribution >= 4 is 34.1 Å². The number of hydrogen-bond acceptors (Lipinski definition) is 6. The van der Waals surface area contributed by atoms with E-state index in [1.165, 1.54) is 12.1 Å². The van der Waals surface area contributed by atoms with Crippen LogP contribution in [0.5, 0.6) is 0 Å². The normalized spacial score (nSPS) is 22.7. The second-order valence-corrected chi connectivity index (χ2v) is 10.1. The third-order valence-corrected chi connectivity index (χ3v) is 7.37. The van der Waals surface area contributed by atoms with Gasteiger partial charge in [-0.25, -0.2) is 4.39 Å². The number of fused-ring (bicyclic) bond motifs is 1. The number of halogens is 1. The Balaban J connectivity index is 1.43. The molecule has 0 unspecified atom stereocenters. The molecule has 2 amide bonds. The Hall–Kier alpha value is -3.59. The summed E-state index contributed by atoms with van der Waals surface area (Å²) in [5.74, 6) is -0.110. The molecule has 8 nitrogen and oxygen atoms in total. The molecule has 3 aromatic rings. The maximum atomic E-state index is 14.8. The lowest BCUT2D eigenvalue weighted by atomic mass is 9.76. The predicted molar refractivity (Wildman–Crippen MR) is 137 cm³/mol. The molecule has 3 N–H and O–H groups in total. The topological polar surface area (TPSA) is 104 Å². The smallest absolute Gasteiger partial charge is 0.257 e. The second kappa shape index (κ2) is 9.81. The molecule has 3 atom stereocenters. The predicted octanol–water partition coefficient (Wildman–Crippen LogP) is 3.53. The number of carbonyl (C=O) groups is 2. The third kappa shape index (κ3) is 4.75. The molecule has 0 spiro atoms. The first-order chi connectivity index (χ1) is 17.3. The van der Waals surface area contributed by atoms with E-state index in [4.69, 9.17) is 5.73 Å². The number of hydrogen-bond donors (Lipinski definition) is 2. The van der Waals surface area contributed by atoms with Crippen molar-refractivity contribution in [3.8, 4) is 0 Å². The van der Waals surface area contributed by atoms with Gasteiger partial charge in [0.15, 0.2) is 0 Å². The van der Waals surface area contributed by atoms with Gasteiger partial charge in [0.2, 0.25) is 5.91 Å². The first-order valence-corrected chi connectivity index (χ1v) is 12.4. The Morgan fingerprint density at radius 1 is 1.17 bits per heavy atom. The summed E-state index contributed by atoms with van der Waals surface area (Å²) in [6, 6.07) is 6.46. The molecule has 1 saturated heterocycles. The number of aromatic nitrogens is 2. The van der Waals surface area contributed by atoms with Crippen LogP contribution < -0.4 is 16.0 Å². The van der Waals surface area contributed by atoms with Crippen molar-refractivity contribution < 1.29 is 14.0 Å². The highest BCUT2D eigenvalue weighted by molar-refractivity contribution is 6.12. The molecule has 1 aliphatic carbocycles.